The van der Waals surface area contributed by atoms with Gasteiger partial charge in [-0.1, -0.05) is 17.7 Å². The Balaban J connectivity index is 3.45. The molecule has 0 spiro atoms. The normalized spacial score (nSPS) is 11.4. The van der Waals surface area contributed by atoms with E-state index >= 15 is 0 Å². The number of halogens is 1. The van der Waals surface area contributed by atoms with Crippen molar-refractivity contribution < 1.29 is 4.92 Å². The fraction of sp³-hybridized carbons (Fsp3) is 0.333. The summed E-state index contributed by atoms with van der Waals surface area (Å²) in [5, 5.41) is 11.0. The second-order valence-corrected chi connectivity index (χ2v) is 4.02. The van der Waals surface area contributed by atoms with Gasteiger partial charge in [-0.05, 0) is 19.9 Å². The monoisotopic (exact) mass is 214 g/mol. The molecule has 0 saturated carbocycles. The Kier molecular flexibility index (Phi) is 2.78. The molecule has 0 aliphatic rings. The minimum atomic E-state index is -0.819. The molecule has 1 rings (SSSR count). The molecule has 0 bridgehead atoms. The van der Waals surface area contributed by atoms with Gasteiger partial charge in [0.2, 0.25) is 0 Å². The largest absolute Gasteiger partial charge is 0.322 e. The van der Waals surface area contributed by atoms with E-state index in [1.165, 1.54) is 12.1 Å². The smallest absolute Gasteiger partial charge is 0.275 e. The molecule has 0 saturated heterocycles. The van der Waals surface area contributed by atoms with E-state index in [1.54, 1.807) is 19.9 Å². The van der Waals surface area contributed by atoms with Crippen LogP contribution in [0.1, 0.15) is 19.4 Å². The fourth-order valence-corrected chi connectivity index (χ4v) is 1.72. The number of rotatable bonds is 2. The van der Waals surface area contributed by atoms with Crippen molar-refractivity contribution in [2.45, 2.75) is 19.4 Å². The number of nitrogens with zero attached hydrogens (tertiary/aromatic N) is 1. The average Bonchev–Trinajstić information content (AvgIpc) is 2.01. The van der Waals surface area contributed by atoms with Crippen LogP contribution in [0.4, 0.5) is 5.69 Å². The van der Waals surface area contributed by atoms with Crippen LogP contribution in [-0.4, -0.2) is 4.92 Å². The van der Waals surface area contributed by atoms with Gasteiger partial charge in [0.25, 0.3) is 5.69 Å². The first-order valence-corrected chi connectivity index (χ1v) is 4.44. The van der Waals surface area contributed by atoms with Gasteiger partial charge >= 0.3 is 0 Å². The highest BCUT2D eigenvalue weighted by Crippen LogP contribution is 2.33. The van der Waals surface area contributed by atoms with Crippen LogP contribution in [0, 0.1) is 10.1 Å². The zero-order chi connectivity index (χ0) is 10.9. The van der Waals surface area contributed by atoms with Crippen molar-refractivity contribution >= 4 is 17.3 Å². The number of nitro groups is 1. The molecule has 0 fully saturated rings. The number of nitro benzene ring substituents is 1. The SMILES string of the molecule is CC(C)(N)c1c(Cl)cccc1[N+](=O)[O-]. The van der Waals surface area contributed by atoms with Gasteiger partial charge in [0, 0.05) is 11.6 Å². The van der Waals surface area contributed by atoms with E-state index in [9.17, 15) is 10.1 Å². The lowest BCUT2D eigenvalue weighted by molar-refractivity contribution is -0.386. The summed E-state index contributed by atoms with van der Waals surface area (Å²) in [7, 11) is 0. The van der Waals surface area contributed by atoms with Crippen LogP contribution in [0.25, 0.3) is 0 Å². The maximum Gasteiger partial charge on any atom is 0.275 e. The van der Waals surface area contributed by atoms with E-state index < -0.39 is 10.5 Å². The van der Waals surface area contributed by atoms with Crippen LogP contribution in [0.3, 0.4) is 0 Å². The van der Waals surface area contributed by atoms with Crippen LogP contribution in [0.15, 0.2) is 18.2 Å². The van der Waals surface area contributed by atoms with Gasteiger partial charge in [-0.15, -0.1) is 0 Å². The second-order valence-electron chi connectivity index (χ2n) is 3.61. The predicted molar refractivity (Wildman–Crippen MR) is 55.3 cm³/mol. The van der Waals surface area contributed by atoms with Crippen LogP contribution in [-0.2, 0) is 5.54 Å². The van der Waals surface area contributed by atoms with Crippen molar-refractivity contribution in [2.24, 2.45) is 5.73 Å². The molecule has 0 radical (unpaired) electrons. The average molecular weight is 215 g/mol. The Bertz CT molecular complexity index is 372. The predicted octanol–water partition coefficient (Wildman–Crippen LogP) is 2.44. The first-order chi connectivity index (χ1) is 6.34. The minimum Gasteiger partial charge on any atom is -0.322 e. The molecule has 4 nitrogen and oxygen atoms in total. The summed E-state index contributed by atoms with van der Waals surface area (Å²) in [4.78, 5) is 10.2. The van der Waals surface area contributed by atoms with E-state index in [1.807, 2.05) is 0 Å². The molecule has 76 valence electrons. The Morgan fingerprint density at radius 2 is 2.07 bits per heavy atom. The van der Waals surface area contributed by atoms with Crippen LogP contribution < -0.4 is 5.73 Å². The number of nitrogens with two attached hydrogens (primary N) is 1. The summed E-state index contributed by atoms with van der Waals surface area (Å²) in [6, 6.07) is 4.53. The summed E-state index contributed by atoms with van der Waals surface area (Å²) >= 11 is 5.87. The Morgan fingerprint density at radius 3 is 2.43 bits per heavy atom. The molecular formula is C9H11ClN2O2. The quantitative estimate of drug-likeness (QED) is 0.607. The molecule has 1 aromatic carbocycles. The molecular weight excluding hydrogens is 204 g/mol. The zero-order valence-electron chi connectivity index (χ0n) is 7.95. The lowest BCUT2D eigenvalue weighted by Gasteiger charge is -2.20. The van der Waals surface area contributed by atoms with Crippen molar-refractivity contribution in [3.8, 4) is 0 Å². The van der Waals surface area contributed by atoms with Gasteiger partial charge in [0.1, 0.15) is 0 Å². The third kappa shape index (κ3) is 2.02. The molecule has 0 aliphatic heterocycles. The molecule has 0 atom stereocenters. The number of hydrogen-bond donors (Lipinski definition) is 1. The number of hydrogen-bond acceptors (Lipinski definition) is 3. The van der Waals surface area contributed by atoms with E-state index in [2.05, 4.69) is 0 Å². The number of benzene rings is 1. The molecule has 1 aromatic rings. The maximum atomic E-state index is 10.7. The first-order valence-electron chi connectivity index (χ1n) is 4.06. The lowest BCUT2D eigenvalue weighted by Crippen LogP contribution is -2.30. The molecule has 0 unspecified atom stereocenters. The topological polar surface area (TPSA) is 69.2 Å². The Labute approximate surface area is 86.8 Å². The molecule has 0 heterocycles. The summed E-state index contributed by atoms with van der Waals surface area (Å²) < 4.78 is 0. The lowest BCUT2D eigenvalue weighted by atomic mass is 9.94. The fourth-order valence-electron chi connectivity index (χ4n) is 1.30. The van der Waals surface area contributed by atoms with Crippen molar-refractivity contribution in [3.63, 3.8) is 0 Å². The van der Waals surface area contributed by atoms with Gasteiger partial charge in [-0.2, -0.15) is 0 Å². The maximum absolute atomic E-state index is 10.7. The van der Waals surface area contributed by atoms with Gasteiger partial charge in [-0.25, -0.2) is 0 Å². The van der Waals surface area contributed by atoms with Crippen molar-refractivity contribution in [3.05, 3.63) is 38.9 Å². The standard InChI is InChI=1S/C9H11ClN2O2/c1-9(2,11)8-6(10)4-3-5-7(8)12(13)14/h3-5H,11H2,1-2H3. The zero-order valence-corrected chi connectivity index (χ0v) is 8.71. The third-order valence-corrected chi connectivity index (χ3v) is 2.15. The Morgan fingerprint density at radius 1 is 1.50 bits per heavy atom. The minimum absolute atomic E-state index is 0.0370. The van der Waals surface area contributed by atoms with Crippen molar-refractivity contribution in [1.82, 2.24) is 0 Å². The third-order valence-electron chi connectivity index (χ3n) is 1.83. The molecule has 2 N–H and O–H groups in total. The summed E-state index contributed by atoms with van der Waals surface area (Å²) in [6.45, 7) is 3.36. The second kappa shape index (κ2) is 3.55. The van der Waals surface area contributed by atoms with Crippen LogP contribution >= 0.6 is 11.6 Å². The van der Waals surface area contributed by atoms with E-state index in [0.717, 1.165) is 0 Å². The molecule has 0 aromatic heterocycles. The highest BCUT2D eigenvalue weighted by molar-refractivity contribution is 6.31. The molecule has 0 aliphatic carbocycles. The van der Waals surface area contributed by atoms with Crippen LogP contribution in [0.2, 0.25) is 5.02 Å². The molecule has 0 amide bonds. The van der Waals surface area contributed by atoms with Crippen molar-refractivity contribution in [2.75, 3.05) is 0 Å². The van der Waals surface area contributed by atoms with Gasteiger partial charge in [0.05, 0.1) is 15.5 Å². The van der Waals surface area contributed by atoms with E-state index in [0.29, 0.717) is 10.6 Å². The van der Waals surface area contributed by atoms with Gasteiger partial charge < -0.3 is 5.73 Å². The Hall–Kier alpha value is -1.13. The summed E-state index contributed by atoms with van der Waals surface area (Å²) in [5.74, 6) is 0. The highest BCUT2D eigenvalue weighted by atomic mass is 35.5. The van der Waals surface area contributed by atoms with E-state index in [-0.39, 0.29) is 5.69 Å². The molecule has 14 heavy (non-hydrogen) atoms. The highest BCUT2D eigenvalue weighted by Gasteiger charge is 2.27. The van der Waals surface area contributed by atoms with Gasteiger partial charge in [0.15, 0.2) is 0 Å². The summed E-state index contributed by atoms with van der Waals surface area (Å²) in [5.41, 5.74) is 5.32. The van der Waals surface area contributed by atoms with Crippen molar-refractivity contribution in [1.29, 1.82) is 0 Å². The molecule has 5 heteroatoms. The first kappa shape index (κ1) is 10.9. The van der Waals surface area contributed by atoms with Crippen LogP contribution in [0.5, 0.6) is 0 Å². The van der Waals surface area contributed by atoms with Gasteiger partial charge in [-0.3, -0.25) is 10.1 Å². The van der Waals surface area contributed by atoms with E-state index in [4.69, 9.17) is 17.3 Å². The summed E-state index contributed by atoms with van der Waals surface area (Å²) in [6.07, 6.45) is 0.